The molecule has 2 heterocycles. The third kappa shape index (κ3) is 2.69. The molecule has 21 heavy (non-hydrogen) atoms. The maximum absolute atomic E-state index is 13.2. The Hall–Kier alpha value is -2.89. The van der Waals surface area contributed by atoms with Crippen molar-refractivity contribution in [2.45, 2.75) is 0 Å². The summed E-state index contributed by atoms with van der Waals surface area (Å²) in [6.45, 7) is 0. The van der Waals surface area contributed by atoms with Gasteiger partial charge in [-0.3, -0.25) is 9.78 Å². The lowest BCUT2D eigenvalue weighted by atomic mass is 10.2. The van der Waals surface area contributed by atoms with Crippen molar-refractivity contribution in [3.63, 3.8) is 0 Å². The summed E-state index contributed by atoms with van der Waals surface area (Å²) in [6.07, 6.45) is 4.78. The van der Waals surface area contributed by atoms with Crippen LogP contribution in [0.4, 0.5) is 8.78 Å². The van der Waals surface area contributed by atoms with Gasteiger partial charge in [0.1, 0.15) is 11.5 Å². The maximum Gasteiger partial charge on any atom is 0.275 e. The molecule has 6 heteroatoms. The Morgan fingerprint density at radius 2 is 1.81 bits per heavy atom. The van der Waals surface area contributed by atoms with Crippen LogP contribution < -0.4 is 5.32 Å². The molecule has 1 N–H and O–H groups in total. The van der Waals surface area contributed by atoms with Crippen LogP contribution in [0.1, 0.15) is 11.1 Å². The summed E-state index contributed by atoms with van der Waals surface area (Å²) in [5.74, 6) is -2.14. The van der Waals surface area contributed by atoms with E-state index in [1.807, 2.05) is 0 Å². The molecule has 104 valence electrons. The van der Waals surface area contributed by atoms with Crippen LogP contribution in [0, 0.1) is 11.6 Å². The van der Waals surface area contributed by atoms with Crippen LogP contribution >= 0.6 is 0 Å². The molecule has 0 aliphatic carbocycles. The number of nitrogens with one attached hydrogen (secondary N) is 1. The van der Waals surface area contributed by atoms with E-state index in [1.54, 1.807) is 30.6 Å². The fourth-order valence-electron chi connectivity index (χ4n) is 1.87. The van der Waals surface area contributed by atoms with Crippen LogP contribution in [0.15, 0.2) is 53.4 Å². The minimum atomic E-state index is -0.990. The van der Waals surface area contributed by atoms with Gasteiger partial charge in [0.2, 0.25) is 0 Å². The number of pyridine rings is 1. The van der Waals surface area contributed by atoms with Crippen LogP contribution in [0.5, 0.6) is 0 Å². The molecule has 3 rings (SSSR count). The molecule has 4 nitrogen and oxygen atoms in total. The zero-order valence-corrected chi connectivity index (χ0v) is 10.7. The van der Waals surface area contributed by atoms with Crippen LogP contribution in [-0.4, -0.2) is 16.7 Å². The monoisotopic (exact) mass is 285 g/mol. The second kappa shape index (κ2) is 5.24. The summed E-state index contributed by atoms with van der Waals surface area (Å²) >= 11 is 0. The number of nitrogens with zero attached hydrogens (tertiary/aromatic N) is 2. The molecule has 0 fully saturated rings. The first-order valence-corrected chi connectivity index (χ1v) is 6.11. The summed E-state index contributed by atoms with van der Waals surface area (Å²) < 4.78 is 26.1. The SMILES string of the molecule is O=C1NC(c2ccc(F)c(F)c2)=N/C1=C/c1ccncc1. The number of benzene rings is 1. The largest absolute Gasteiger partial charge is 0.305 e. The summed E-state index contributed by atoms with van der Waals surface area (Å²) in [6, 6.07) is 6.79. The molecule has 0 bridgehead atoms. The number of aromatic nitrogens is 1. The van der Waals surface area contributed by atoms with Gasteiger partial charge in [-0.15, -0.1) is 0 Å². The van der Waals surface area contributed by atoms with Crippen molar-refractivity contribution in [2.75, 3.05) is 0 Å². The van der Waals surface area contributed by atoms with Gasteiger partial charge in [-0.05, 0) is 42.0 Å². The van der Waals surface area contributed by atoms with Crippen LogP contribution in [0.25, 0.3) is 6.08 Å². The minimum Gasteiger partial charge on any atom is -0.305 e. The second-order valence-electron chi connectivity index (χ2n) is 4.35. The Kier molecular flexibility index (Phi) is 3.27. The predicted octanol–water partition coefficient (Wildman–Crippen LogP) is 2.28. The fourth-order valence-corrected chi connectivity index (χ4v) is 1.87. The first kappa shape index (κ1) is 13.1. The highest BCUT2D eigenvalue weighted by Gasteiger charge is 2.21. The Balaban J connectivity index is 1.95. The number of amides is 1. The molecule has 1 aliphatic heterocycles. The van der Waals surface area contributed by atoms with Gasteiger partial charge in [-0.1, -0.05) is 0 Å². The minimum absolute atomic E-state index is 0.194. The van der Waals surface area contributed by atoms with E-state index in [9.17, 15) is 13.6 Å². The molecular formula is C15H9F2N3O. The zero-order chi connectivity index (χ0) is 14.8. The topological polar surface area (TPSA) is 54.4 Å². The van der Waals surface area contributed by atoms with Crippen LogP contribution in [0.2, 0.25) is 0 Å². The summed E-state index contributed by atoms with van der Waals surface area (Å²) in [5.41, 5.74) is 1.27. The van der Waals surface area contributed by atoms with Gasteiger partial charge in [0.25, 0.3) is 5.91 Å². The van der Waals surface area contributed by atoms with Crippen molar-refractivity contribution in [1.82, 2.24) is 10.3 Å². The lowest BCUT2D eigenvalue weighted by Crippen LogP contribution is -2.24. The number of hydrogen-bond donors (Lipinski definition) is 1. The van der Waals surface area contributed by atoms with Gasteiger partial charge < -0.3 is 5.32 Å². The van der Waals surface area contributed by atoms with E-state index in [1.165, 1.54) is 6.07 Å². The molecule has 1 amide bonds. The van der Waals surface area contributed by atoms with Crippen LogP contribution in [-0.2, 0) is 4.79 Å². The number of halogens is 2. The van der Waals surface area contributed by atoms with E-state index in [-0.39, 0.29) is 11.5 Å². The number of hydrogen-bond acceptors (Lipinski definition) is 3. The molecule has 1 aromatic heterocycles. The van der Waals surface area contributed by atoms with Crippen molar-refractivity contribution in [2.24, 2.45) is 4.99 Å². The quantitative estimate of drug-likeness (QED) is 0.861. The Morgan fingerprint density at radius 1 is 1.05 bits per heavy atom. The molecule has 1 aliphatic rings. The summed E-state index contributed by atoms with van der Waals surface area (Å²) in [7, 11) is 0. The van der Waals surface area contributed by atoms with Gasteiger partial charge in [0.05, 0.1) is 0 Å². The van der Waals surface area contributed by atoms with E-state index in [0.717, 1.165) is 17.7 Å². The number of amidine groups is 1. The molecule has 0 saturated carbocycles. The second-order valence-corrected chi connectivity index (χ2v) is 4.35. The Bertz CT molecular complexity index is 770. The Morgan fingerprint density at radius 3 is 2.52 bits per heavy atom. The molecular weight excluding hydrogens is 276 g/mol. The first-order valence-electron chi connectivity index (χ1n) is 6.11. The lowest BCUT2D eigenvalue weighted by molar-refractivity contribution is -0.115. The summed E-state index contributed by atoms with van der Waals surface area (Å²) in [4.78, 5) is 19.8. The Labute approximate surface area is 118 Å². The highest BCUT2D eigenvalue weighted by molar-refractivity contribution is 6.19. The molecule has 0 atom stereocenters. The maximum atomic E-state index is 13.2. The first-order chi connectivity index (χ1) is 10.1. The fraction of sp³-hybridized carbons (Fsp3) is 0. The van der Waals surface area contributed by atoms with Gasteiger partial charge in [0, 0.05) is 18.0 Å². The van der Waals surface area contributed by atoms with E-state index >= 15 is 0 Å². The average Bonchev–Trinajstić information content (AvgIpc) is 2.84. The zero-order valence-electron chi connectivity index (χ0n) is 10.7. The third-order valence-electron chi connectivity index (χ3n) is 2.90. The van der Waals surface area contributed by atoms with Crippen molar-refractivity contribution in [3.8, 4) is 0 Å². The lowest BCUT2D eigenvalue weighted by Gasteiger charge is -2.00. The molecule has 1 aromatic carbocycles. The van der Waals surface area contributed by atoms with Crippen molar-refractivity contribution in [3.05, 3.63) is 71.2 Å². The molecule has 2 aromatic rings. The highest BCUT2D eigenvalue weighted by Crippen LogP contribution is 2.16. The van der Waals surface area contributed by atoms with E-state index in [0.29, 0.717) is 5.56 Å². The van der Waals surface area contributed by atoms with Crippen molar-refractivity contribution < 1.29 is 13.6 Å². The van der Waals surface area contributed by atoms with Crippen molar-refractivity contribution in [1.29, 1.82) is 0 Å². The van der Waals surface area contributed by atoms with E-state index in [4.69, 9.17) is 0 Å². The molecule has 0 spiro atoms. The molecule has 0 saturated heterocycles. The number of aliphatic imine (C=N–C) groups is 1. The number of carbonyl (C=O) groups excluding carboxylic acids is 1. The van der Waals surface area contributed by atoms with Gasteiger partial charge >= 0.3 is 0 Å². The third-order valence-corrected chi connectivity index (χ3v) is 2.90. The van der Waals surface area contributed by atoms with Crippen molar-refractivity contribution >= 4 is 17.8 Å². The van der Waals surface area contributed by atoms with E-state index in [2.05, 4.69) is 15.3 Å². The number of carbonyl (C=O) groups is 1. The smallest absolute Gasteiger partial charge is 0.275 e. The summed E-state index contributed by atoms with van der Waals surface area (Å²) in [5, 5.41) is 2.53. The van der Waals surface area contributed by atoms with Crippen LogP contribution in [0.3, 0.4) is 0 Å². The standard InChI is InChI=1S/C15H9F2N3O/c16-11-2-1-10(8-12(11)17)14-19-13(15(21)20-14)7-9-3-5-18-6-4-9/h1-8H,(H,19,20,21)/b13-7+. The predicted molar refractivity (Wildman–Crippen MR) is 73.3 cm³/mol. The highest BCUT2D eigenvalue weighted by atomic mass is 19.2. The molecule has 0 unspecified atom stereocenters. The average molecular weight is 285 g/mol. The normalized spacial score (nSPS) is 16.0. The van der Waals surface area contributed by atoms with Gasteiger partial charge in [-0.25, -0.2) is 13.8 Å². The van der Waals surface area contributed by atoms with E-state index < -0.39 is 17.5 Å². The molecule has 0 radical (unpaired) electrons. The van der Waals surface area contributed by atoms with Gasteiger partial charge in [-0.2, -0.15) is 0 Å². The number of rotatable bonds is 2. The van der Waals surface area contributed by atoms with Gasteiger partial charge in [0.15, 0.2) is 11.6 Å².